The number of rotatable bonds is 3. The maximum atomic E-state index is 13.8. The van der Waals surface area contributed by atoms with Crippen molar-refractivity contribution in [2.24, 2.45) is 11.3 Å². The van der Waals surface area contributed by atoms with E-state index < -0.39 is 0 Å². The van der Waals surface area contributed by atoms with Crippen LogP contribution in [-0.2, 0) is 16.1 Å². The Kier molecular flexibility index (Phi) is 5.13. The zero-order valence-electron chi connectivity index (χ0n) is 20.5. The number of hydrogen-bond acceptors (Lipinski definition) is 5. The maximum absolute atomic E-state index is 13.8. The van der Waals surface area contributed by atoms with Gasteiger partial charge in [0, 0.05) is 48.5 Å². The largest absolute Gasteiger partial charge is 0.365 e. The molecular formula is C28H33N5O2. The molecule has 2 bridgehead atoms. The first-order valence-electron chi connectivity index (χ1n) is 12.7. The number of amides is 2. The van der Waals surface area contributed by atoms with Crippen LogP contribution < -0.4 is 15.1 Å². The van der Waals surface area contributed by atoms with Crippen molar-refractivity contribution in [3.8, 4) is 0 Å². The van der Waals surface area contributed by atoms with Crippen LogP contribution in [0.5, 0.6) is 0 Å². The molecule has 2 aromatic rings. The van der Waals surface area contributed by atoms with E-state index in [4.69, 9.17) is 0 Å². The predicted octanol–water partition coefficient (Wildman–Crippen LogP) is 4.47. The van der Waals surface area contributed by atoms with E-state index in [2.05, 4.69) is 53.8 Å². The van der Waals surface area contributed by atoms with E-state index in [0.29, 0.717) is 6.54 Å². The first-order valence-corrected chi connectivity index (χ1v) is 12.7. The fraction of sp³-hybridized carbons (Fsp3) is 0.464. The van der Waals surface area contributed by atoms with Gasteiger partial charge >= 0.3 is 0 Å². The van der Waals surface area contributed by atoms with Crippen LogP contribution in [0.4, 0.5) is 22.9 Å². The lowest BCUT2D eigenvalue weighted by molar-refractivity contribution is -0.131. The minimum Gasteiger partial charge on any atom is -0.365 e. The van der Waals surface area contributed by atoms with Gasteiger partial charge in [0.1, 0.15) is 5.82 Å². The molecule has 4 aliphatic heterocycles. The Morgan fingerprint density at radius 1 is 1.14 bits per heavy atom. The van der Waals surface area contributed by atoms with Gasteiger partial charge in [-0.3, -0.25) is 9.59 Å². The maximum Gasteiger partial charge on any atom is 0.246 e. The number of nitrogens with zero attached hydrogens (tertiary/aromatic N) is 4. The summed E-state index contributed by atoms with van der Waals surface area (Å²) in [6.45, 7) is 10.2. The highest BCUT2D eigenvalue weighted by molar-refractivity contribution is 6.00. The summed E-state index contributed by atoms with van der Waals surface area (Å²) in [7, 11) is 0. The van der Waals surface area contributed by atoms with Gasteiger partial charge in [-0.2, -0.15) is 0 Å². The summed E-state index contributed by atoms with van der Waals surface area (Å²) in [6.07, 6.45) is 7.15. The Labute approximate surface area is 206 Å². The molecule has 5 heterocycles. The second kappa shape index (κ2) is 8.11. The van der Waals surface area contributed by atoms with Gasteiger partial charge in [0.05, 0.1) is 17.9 Å². The van der Waals surface area contributed by atoms with Crippen molar-refractivity contribution in [1.29, 1.82) is 0 Å². The number of piperidine rings is 2. The van der Waals surface area contributed by atoms with Crippen molar-refractivity contribution in [3.05, 3.63) is 54.7 Å². The summed E-state index contributed by atoms with van der Waals surface area (Å²) in [5, 5.41) is 3.49. The second-order valence-electron chi connectivity index (χ2n) is 11.3. The molecule has 5 aliphatic rings. The third-order valence-corrected chi connectivity index (χ3v) is 8.28. The minimum absolute atomic E-state index is 0.0240. The summed E-state index contributed by atoms with van der Waals surface area (Å²) < 4.78 is 0. The smallest absolute Gasteiger partial charge is 0.246 e. The summed E-state index contributed by atoms with van der Waals surface area (Å²) in [6, 6.07) is 10.8. The zero-order chi connectivity index (χ0) is 24.3. The first-order chi connectivity index (χ1) is 16.8. The van der Waals surface area contributed by atoms with Gasteiger partial charge < -0.3 is 20.0 Å². The van der Waals surface area contributed by atoms with Crippen LogP contribution in [0.1, 0.15) is 45.1 Å². The highest BCUT2D eigenvalue weighted by Crippen LogP contribution is 2.48. The lowest BCUT2D eigenvalue weighted by atomic mass is 9.64. The second-order valence-corrected chi connectivity index (χ2v) is 11.3. The molecule has 7 heteroatoms. The van der Waals surface area contributed by atoms with Crippen molar-refractivity contribution in [1.82, 2.24) is 9.88 Å². The van der Waals surface area contributed by atoms with E-state index in [0.717, 1.165) is 67.2 Å². The van der Waals surface area contributed by atoms with E-state index in [1.807, 2.05) is 21.9 Å². The van der Waals surface area contributed by atoms with Crippen LogP contribution in [0, 0.1) is 11.3 Å². The Bertz CT molecular complexity index is 1200. The van der Waals surface area contributed by atoms with Crippen LogP contribution in [-0.4, -0.2) is 46.9 Å². The molecule has 1 saturated carbocycles. The highest BCUT2D eigenvalue weighted by Gasteiger charge is 2.44. The molecule has 0 spiro atoms. The van der Waals surface area contributed by atoms with Gasteiger partial charge in [-0.1, -0.05) is 26.5 Å². The Hall–Kier alpha value is -3.35. The fourth-order valence-electron chi connectivity index (χ4n) is 6.49. The molecular weight excluding hydrogens is 438 g/mol. The number of pyridine rings is 1. The van der Waals surface area contributed by atoms with Crippen LogP contribution in [0.25, 0.3) is 0 Å². The molecule has 182 valence electrons. The molecule has 1 aliphatic carbocycles. The van der Waals surface area contributed by atoms with E-state index in [1.165, 1.54) is 6.08 Å². The lowest BCUT2D eigenvalue weighted by Crippen LogP contribution is -2.63. The molecule has 2 atom stereocenters. The normalized spacial score (nSPS) is 24.6. The molecule has 7 rings (SSSR count). The SMILES string of the molecule is C=CC(=O)N1C[C@@H]2CC[C@H]1CN2c1ccc2c(c1)N(C(=O)C1CC(C)(C)C1)Cc1cccnc1N2. The van der Waals surface area contributed by atoms with Gasteiger partial charge in [-0.05, 0) is 61.4 Å². The molecule has 0 unspecified atom stereocenters. The molecule has 3 saturated heterocycles. The number of fused-ring (bicyclic) bond motifs is 5. The first kappa shape index (κ1) is 22.1. The van der Waals surface area contributed by atoms with Crippen molar-refractivity contribution in [2.45, 2.75) is 58.2 Å². The number of benzene rings is 1. The molecule has 1 aromatic carbocycles. The number of nitrogens with one attached hydrogen (secondary N) is 1. The Morgan fingerprint density at radius 2 is 1.94 bits per heavy atom. The van der Waals surface area contributed by atoms with Gasteiger partial charge in [0.25, 0.3) is 0 Å². The topological polar surface area (TPSA) is 68.8 Å². The summed E-state index contributed by atoms with van der Waals surface area (Å²) >= 11 is 0. The lowest BCUT2D eigenvalue weighted by Gasteiger charge is -2.52. The summed E-state index contributed by atoms with van der Waals surface area (Å²) in [5.74, 6) is 1.09. The van der Waals surface area contributed by atoms with Crippen molar-refractivity contribution < 1.29 is 9.59 Å². The highest BCUT2D eigenvalue weighted by atomic mass is 16.2. The van der Waals surface area contributed by atoms with Crippen LogP contribution in [0.2, 0.25) is 0 Å². The van der Waals surface area contributed by atoms with Crippen LogP contribution >= 0.6 is 0 Å². The van der Waals surface area contributed by atoms with Gasteiger partial charge in [0.2, 0.25) is 11.8 Å². The average molecular weight is 472 g/mol. The molecule has 7 nitrogen and oxygen atoms in total. The standard InChI is InChI=1S/C28H33N5O2/c1-4-25(34)32-17-21-7-8-22(32)16-31(21)20-9-10-23-24(12-20)33(27(35)19-13-28(2,3)14-19)15-18-6-5-11-29-26(18)30-23/h4-6,9-12,19,21-22H,1,7-8,13-17H2,2-3H3,(H,29,30)/t21-,22-/m0/s1. The Morgan fingerprint density at radius 3 is 2.66 bits per heavy atom. The monoisotopic (exact) mass is 471 g/mol. The zero-order valence-corrected chi connectivity index (χ0v) is 20.5. The van der Waals surface area contributed by atoms with Crippen LogP contribution in [0.15, 0.2) is 49.2 Å². The number of anilines is 4. The van der Waals surface area contributed by atoms with Crippen molar-refractivity contribution >= 4 is 34.7 Å². The summed E-state index contributed by atoms with van der Waals surface area (Å²) in [4.78, 5) is 37.0. The quantitative estimate of drug-likeness (QED) is 0.669. The molecule has 35 heavy (non-hydrogen) atoms. The number of aromatic nitrogens is 1. The van der Waals surface area contributed by atoms with E-state index >= 15 is 0 Å². The minimum atomic E-state index is 0.0240. The number of hydrogen-bond donors (Lipinski definition) is 1. The number of carbonyl (C=O) groups excluding carboxylic acids is 2. The van der Waals surface area contributed by atoms with E-state index in [1.54, 1.807) is 6.20 Å². The fourth-order valence-corrected chi connectivity index (χ4v) is 6.49. The van der Waals surface area contributed by atoms with Crippen molar-refractivity contribution in [2.75, 3.05) is 28.2 Å². The van der Waals surface area contributed by atoms with Crippen LogP contribution in [0.3, 0.4) is 0 Å². The Balaban J connectivity index is 1.34. The van der Waals surface area contributed by atoms with Gasteiger partial charge in [-0.15, -0.1) is 0 Å². The molecule has 2 amide bonds. The van der Waals surface area contributed by atoms with Crippen molar-refractivity contribution in [3.63, 3.8) is 0 Å². The average Bonchev–Trinajstić information content (AvgIpc) is 3.02. The molecule has 4 fully saturated rings. The molecule has 0 radical (unpaired) electrons. The third-order valence-electron chi connectivity index (χ3n) is 8.28. The van der Waals surface area contributed by atoms with E-state index in [9.17, 15) is 9.59 Å². The number of piperazine rings is 1. The third kappa shape index (κ3) is 3.77. The van der Waals surface area contributed by atoms with Gasteiger partial charge in [-0.25, -0.2) is 4.98 Å². The number of carbonyl (C=O) groups is 2. The molecule has 1 aromatic heterocycles. The summed E-state index contributed by atoms with van der Waals surface area (Å²) in [5.41, 5.74) is 4.18. The predicted molar refractivity (Wildman–Crippen MR) is 138 cm³/mol. The van der Waals surface area contributed by atoms with Gasteiger partial charge in [0.15, 0.2) is 0 Å². The van der Waals surface area contributed by atoms with E-state index in [-0.39, 0.29) is 35.2 Å². The molecule has 1 N–H and O–H groups in total.